The van der Waals surface area contributed by atoms with Crippen molar-refractivity contribution in [2.45, 2.75) is 25.1 Å². The second-order valence-electron chi connectivity index (χ2n) is 6.26. The van der Waals surface area contributed by atoms with Crippen molar-refractivity contribution in [3.63, 3.8) is 0 Å². The number of hydrogen-bond donors (Lipinski definition) is 0. The minimum atomic E-state index is -4.41. The van der Waals surface area contributed by atoms with Gasteiger partial charge in [0.25, 0.3) is 5.91 Å². The molecule has 7 heteroatoms. The Balaban J connectivity index is 1.75. The number of methoxy groups -OCH3 is 1. The monoisotopic (exact) mass is 364 g/mol. The molecule has 1 saturated heterocycles. The molecule has 1 aliphatic rings. The van der Waals surface area contributed by atoms with E-state index in [9.17, 15) is 18.0 Å². The third-order valence-electron chi connectivity index (χ3n) is 4.52. The van der Waals surface area contributed by atoms with E-state index in [1.54, 1.807) is 31.4 Å². The fourth-order valence-electron chi connectivity index (χ4n) is 3.15. The summed E-state index contributed by atoms with van der Waals surface area (Å²) in [5.41, 5.74) is 0.843. The van der Waals surface area contributed by atoms with Crippen molar-refractivity contribution in [3.8, 4) is 11.3 Å². The standard InChI is InChI=1S/C19H19F3N2O2/c1-26-12-16-3-2-10-24(16)18(25)14-6-4-13(5-7-14)17-9-8-15(11-23-17)19(20,21)22/h4-9,11,16H,2-3,10,12H2,1H3/t16-/m0/s1. The lowest BCUT2D eigenvalue weighted by Gasteiger charge is -2.24. The predicted octanol–water partition coefficient (Wildman–Crippen LogP) is 4.02. The number of aromatic nitrogens is 1. The first-order valence-corrected chi connectivity index (χ1v) is 8.34. The molecule has 138 valence electrons. The molecule has 0 radical (unpaired) electrons. The van der Waals surface area contributed by atoms with E-state index in [0.717, 1.165) is 25.1 Å². The number of likely N-dealkylation sites (tertiary alicyclic amines) is 1. The lowest BCUT2D eigenvalue weighted by Crippen LogP contribution is -2.38. The normalized spacial score (nSPS) is 17.5. The molecule has 26 heavy (non-hydrogen) atoms. The van der Waals surface area contributed by atoms with Crippen molar-refractivity contribution in [1.82, 2.24) is 9.88 Å². The third kappa shape index (κ3) is 3.88. The molecule has 1 aliphatic heterocycles. The van der Waals surface area contributed by atoms with Gasteiger partial charge < -0.3 is 9.64 Å². The number of pyridine rings is 1. The van der Waals surface area contributed by atoms with Gasteiger partial charge in [0.05, 0.1) is 23.9 Å². The van der Waals surface area contributed by atoms with Gasteiger partial charge in [-0.2, -0.15) is 13.2 Å². The van der Waals surface area contributed by atoms with E-state index < -0.39 is 11.7 Å². The van der Waals surface area contributed by atoms with Gasteiger partial charge in [0, 0.05) is 31.0 Å². The Morgan fingerprint density at radius 3 is 2.54 bits per heavy atom. The molecule has 3 rings (SSSR count). The average molecular weight is 364 g/mol. The largest absolute Gasteiger partial charge is 0.417 e. The third-order valence-corrected chi connectivity index (χ3v) is 4.52. The molecule has 1 fully saturated rings. The van der Waals surface area contributed by atoms with Crippen molar-refractivity contribution in [1.29, 1.82) is 0 Å². The zero-order chi connectivity index (χ0) is 18.7. The van der Waals surface area contributed by atoms with Gasteiger partial charge in [-0.1, -0.05) is 12.1 Å². The Morgan fingerprint density at radius 1 is 1.23 bits per heavy atom. The van der Waals surface area contributed by atoms with Crippen molar-refractivity contribution < 1.29 is 22.7 Å². The first-order chi connectivity index (χ1) is 12.4. The highest BCUT2D eigenvalue weighted by Gasteiger charge is 2.31. The highest BCUT2D eigenvalue weighted by atomic mass is 19.4. The summed E-state index contributed by atoms with van der Waals surface area (Å²) in [6, 6.07) is 9.17. The van der Waals surface area contributed by atoms with Crippen LogP contribution in [0.3, 0.4) is 0 Å². The van der Waals surface area contributed by atoms with Gasteiger partial charge in [0.1, 0.15) is 0 Å². The fourth-order valence-corrected chi connectivity index (χ4v) is 3.15. The Bertz CT molecular complexity index is 758. The first-order valence-electron chi connectivity index (χ1n) is 8.34. The topological polar surface area (TPSA) is 42.4 Å². The minimum absolute atomic E-state index is 0.0588. The second-order valence-corrected chi connectivity index (χ2v) is 6.26. The van der Waals surface area contributed by atoms with Crippen molar-refractivity contribution in [3.05, 3.63) is 53.7 Å². The molecule has 1 aromatic carbocycles. The lowest BCUT2D eigenvalue weighted by atomic mass is 10.1. The molecular formula is C19H19F3N2O2. The number of nitrogens with zero attached hydrogens (tertiary/aromatic N) is 2. The molecule has 1 atom stereocenters. The molecule has 1 amide bonds. The maximum absolute atomic E-state index is 12.7. The highest BCUT2D eigenvalue weighted by Crippen LogP contribution is 2.30. The Hall–Kier alpha value is -2.41. The number of amides is 1. The summed E-state index contributed by atoms with van der Waals surface area (Å²) in [6.45, 7) is 1.22. The summed E-state index contributed by atoms with van der Waals surface area (Å²) in [5, 5.41) is 0. The van der Waals surface area contributed by atoms with Gasteiger partial charge in [0.2, 0.25) is 0 Å². The molecule has 0 saturated carbocycles. The summed E-state index contributed by atoms with van der Waals surface area (Å²) in [7, 11) is 1.62. The van der Waals surface area contributed by atoms with Crippen LogP contribution in [-0.2, 0) is 10.9 Å². The molecule has 0 unspecified atom stereocenters. The van der Waals surface area contributed by atoms with Gasteiger partial charge in [0.15, 0.2) is 0 Å². The van der Waals surface area contributed by atoms with E-state index in [4.69, 9.17) is 4.74 Å². The van der Waals surface area contributed by atoms with Crippen LogP contribution in [0.1, 0.15) is 28.8 Å². The number of alkyl halides is 3. The number of rotatable bonds is 4. The molecule has 2 heterocycles. The number of benzene rings is 1. The Morgan fingerprint density at radius 2 is 1.96 bits per heavy atom. The summed E-state index contributed by atoms with van der Waals surface area (Å²) in [4.78, 5) is 18.4. The highest BCUT2D eigenvalue weighted by molar-refractivity contribution is 5.95. The van der Waals surface area contributed by atoms with Crippen molar-refractivity contribution in [2.75, 3.05) is 20.3 Å². The van der Waals surface area contributed by atoms with Crippen LogP contribution in [0, 0.1) is 0 Å². The lowest BCUT2D eigenvalue weighted by molar-refractivity contribution is -0.137. The Kier molecular flexibility index (Phi) is 5.27. The van der Waals surface area contributed by atoms with Crippen LogP contribution in [-0.4, -0.2) is 42.1 Å². The number of carbonyl (C=O) groups is 1. The van der Waals surface area contributed by atoms with Gasteiger partial charge in [-0.05, 0) is 37.1 Å². The SMILES string of the molecule is COC[C@@H]1CCCN1C(=O)c1ccc(-c2ccc(C(F)(F)F)cn2)cc1. The van der Waals surface area contributed by atoms with Crippen molar-refractivity contribution >= 4 is 5.91 Å². The van der Waals surface area contributed by atoms with E-state index in [1.807, 2.05) is 4.90 Å². The smallest absolute Gasteiger partial charge is 0.383 e. The van der Waals surface area contributed by atoms with Gasteiger partial charge in [-0.15, -0.1) is 0 Å². The van der Waals surface area contributed by atoms with Crippen LogP contribution in [0.4, 0.5) is 13.2 Å². The van der Waals surface area contributed by atoms with E-state index >= 15 is 0 Å². The van der Waals surface area contributed by atoms with Gasteiger partial charge in [-0.25, -0.2) is 0 Å². The maximum Gasteiger partial charge on any atom is 0.417 e. The molecule has 0 N–H and O–H groups in total. The quantitative estimate of drug-likeness (QED) is 0.823. The first kappa shape index (κ1) is 18.4. The van der Waals surface area contributed by atoms with Crippen LogP contribution in [0.15, 0.2) is 42.6 Å². The van der Waals surface area contributed by atoms with E-state index in [-0.39, 0.29) is 11.9 Å². The number of hydrogen-bond acceptors (Lipinski definition) is 3. The summed E-state index contributed by atoms with van der Waals surface area (Å²) in [5.74, 6) is -0.0588. The second kappa shape index (κ2) is 7.45. The molecule has 1 aromatic heterocycles. The number of halogens is 3. The molecule has 0 bridgehead atoms. The van der Waals surface area contributed by atoms with Gasteiger partial charge in [-0.3, -0.25) is 9.78 Å². The Labute approximate surface area is 149 Å². The average Bonchev–Trinajstić information content (AvgIpc) is 3.09. The molecular weight excluding hydrogens is 345 g/mol. The van der Waals surface area contributed by atoms with Crippen LogP contribution in [0.25, 0.3) is 11.3 Å². The zero-order valence-corrected chi connectivity index (χ0v) is 14.3. The van der Waals surface area contributed by atoms with Crippen LogP contribution < -0.4 is 0 Å². The number of carbonyl (C=O) groups excluding carboxylic acids is 1. The van der Waals surface area contributed by atoms with Crippen molar-refractivity contribution in [2.24, 2.45) is 0 Å². The minimum Gasteiger partial charge on any atom is -0.383 e. The van der Waals surface area contributed by atoms with E-state index in [0.29, 0.717) is 30.0 Å². The fraction of sp³-hybridized carbons (Fsp3) is 0.368. The summed E-state index contributed by atoms with van der Waals surface area (Å²) < 4.78 is 43.0. The zero-order valence-electron chi connectivity index (χ0n) is 14.3. The van der Waals surface area contributed by atoms with E-state index in [1.165, 1.54) is 6.07 Å². The van der Waals surface area contributed by atoms with Gasteiger partial charge >= 0.3 is 6.18 Å². The summed E-state index contributed by atoms with van der Waals surface area (Å²) in [6.07, 6.45) is -1.72. The van der Waals surface area contributed by atoms with Crippen LogP contribution >= 0.6 is 0 Å². The molecule has 0 spiro atoms. The van der Waals surface area contributed by atoms with Crippen LogP contribution in [0.5, 0.6) is 0 Å². The molecule has 0 aliphatic carbocycles. The number of ether oxygens (including phenoxy) is 1. The molecule has 4 nitrogen and oxygen atoms in total. The van der Waals surface area contributed by atoms with Crippen LogP contribution in [0.2, 0.25) is 0 Å². The molecule has 2 aromatic rings. The maximum atomic E-state index is 12.7. The van der Waals surface area contributed by atoms with E-state index in [2.05, 4.69) is 4.98 Å². The predicted molar refractivity (Wildman–Crippen MR) is 90.6 cm³/mol. The summed E-state index contributed by atoms with van der Waals surface area (Å²) >= 11 is 0.